The van der Waals surface area contributed by atoms with Crippen LogP contribution in [0.25, 0.3) is 0 Å². The summed E-state index contributed by atoms with van der Waals surface area (Å²) in [5.74, 6) is -0.193. The maximum absolute atomic E-state index is 11.3. The zero-order valence-corrected chi connectivity index (χ0v) is 14.5. The molecule has 0 unspecified atom stereocenters. The van der Waals surface area contributed by atoms with Gasteiger partial charge in [-0.3, -0.25) is 4.79 Å². The molecule has 0 N–H and O–H groups in total. The summed E-state index contributed by atoms with van der Waals surface area (Å²) >= 11 is 1.66. The lowest BCUT2D eigenvalue weighted by molar-refractivity contribution is -0.147. The van der Waals surface area contributed by atoms with Crippen LogP contribution >= 0.6 is 11.3 Å². The number of carbonyl (C=O) groups is 1. The van der Waals surface area contributed by atoms with Crippen LogP contribution in [0.5, 0.6) is 0 Å². The van der Waals surface area contributed by atoms with E-state index in [0.29, 0.717) is 0 Å². The molecule has 3 nitrogen and oxygen atoms in total. The summed E-state index contributed by atoms with van der Waals surface area (Å²) < 4.78 is 5.50. The molecule has 1 rings (SSSR count). The van der Waals surface area contributed by atoms with Gasteiger partial charge in [0.05, 0.1) is 0 Å². The zero-order chi connectivity index (χ0) is 15.5. The molecule has 0 radical (unpaired) electrons. The number of ether oxygens (including phenoxy) is 1. The molecule has 0 bridgehead atoms. The predicted molar refractivity (Wildman–Crippen MR) is 89.7 cm³/mol. The molecule has 0 aliphatic heterocycles. The lowest BCUT2D eigenvalue weighted by atomic mass is 10.2. The third-order valence-corrected chi connectivity index (χ3v) is 4.50. The van der Waals surface area contributed by atoms with Gasteiger partial charge < -0.3 is 9.64 Å². The first kappa shape index (κ1) is 18.2. The summed E-state index contributed by atoms with van der Waals surface area (Å²) in [6.07, 6.45) is 5.71. The smallest absolute Gasteiger partial charge is 0.303 e. The first-order valence-corrected chi connectivity index (χ1v) is 8.98. The Morgan fingerprint density at radius 1 is 1.24 bits per heavy atom. The summed E-state index contributed by atoms with van der Waals surface area (Å²) in [4.78, 5) is 15.0. The van der Waals surface area contributed by atoms with Crippen LogP contribution in [0.4, 0.5) is 0 Å². The van der Waals surface area contributed by atoms with Gasteiger partial charge in [-0.2, -0.15) is 0 Å². The number of hydrogen-bond acceptors (Lipinski definition) is 4. The number of esters is 1. The third kappa shape index (κ3) is 7.63. The van der Waals surface area contributed by atoms with Gasteiger partial charge in [0.1, 0.15) is 6.10 Å². The van der Waals surface area contributed by atoms with E-state index in [9.17, 15) is 4.79 Å². The first-order valence-electron chi connectivity index (χ1n) is 8.10. The second-order valence-corrected chi connectivity index (χ2v) is 6.43. The van der Waals surface area contributed by atoms with E-state index in [-0.39, 0.29) is 12.1 Å². The molecule has 1 heterocycles. The molecule has 0 spiro atoms. The maximum Gasteiger partial charge on any atom is 0.303 e. The van der Waals surface area contributed by atoms with E-state index in [1.54, 1.807) is 11.3 Å². The van der Waals surface area contributed by atoms with Crippen molar-refractivity contribution < 1.29 is 9.53 Å². The molecule has 0 aliphatic rings. The number of hydrogen-bond donors (Lipinski definition) is 0. The number of carbonyl (C=O) groups excluding carboxylic acids is 1. The van der Waals surface area contributed by atoms with Crippen LogP contribution in [0.2, 0.25) is 0 Å². The van der Waals surface area contributed by atoms with E-state index in [1.165, 1.54) is 32.6 Å². The van der Waals surface area contributed by atoms with Crippen LogP contribution in [0.1, 0.15) is 63.9 Å². The van der Waals surface area contributed by atoms with Gasteiger partial charge in [-0.05, 0) is 37.4 Å². The molecule has 4 heteroatoms. The summed E-state index contributed by atoms with van der Waals surface area (Å²) in [6.45, 7) is 9.24. The lowest BCUT2D eigenvalue weighted by Gasteiger charge is -2.24. The van der Waals surface area contributed by atoms with Crippen molar-refractivity contribution in [3.8, 4) is 0 Å². The Morgan fingerprint density at radius 3 is 2.38 bits per heavy atom. The van der Waals surface area contributed by atoms with Crippen molar-refractivity contribution in [2.45, 2.75) is 59.0 Å². The average Bonchev–Trinajstić information content (AvgIpc) is 2.98. The molecule has 1 aromatic heterocycles. The second kappa shape index (κ2) is 10.8. The Balaban J connectivity index is 2.53. The van der Waals surface area contributed by atoms with E-state index < -0.39 is 0 Å². The minimum absolute atomic E-state index is 0.0896. The number of unbranched alkanes of at least 4 members (excludes halogenated alkanes) is 2. The molecule has 1 atom stereocenters. The largest absolute Gasteiger partial charge is 0.457 e. The fourth-order valence-electron chi connectivity index (χ4n) is 2.33. The molecule has 0 fully saturated rings. The topological polar surface area (TPSA) is 29.5 Å². The number of nitrogens with zero attached hydrogens (tertiary/aromatic N) is 1. The van der Waals surface area contributed by atoms with E-state index in [1.807, 2.05) is 11.4 Å². The van der Waals surface area contributed by atoms with Crippen LogP contribution in [0.3, 0.4) is 0 Å². The van der Waals surface area contributed by atoms with Crippen molar-refractivity contribution in [1.82, 2.24) is 4.90 Å². The maximum atomic E-state index is 11.3. The Bertz CT molecular complexity index is 370. The van der Waals surface area contributed by atoms with Gasteiger partial charge in [-0.25, -0.2) is 0 Å². The van der Waals surface area contributed by atoms with Crippen LogP contribution in [0, 0.1) is 0 Å². The lowest BCUT2D eigenvalue weighted by Crippen LogP contribution is -2.28. The van der Waals surface area contributed by atoms with Crippen molar-refractivity contribution in [3.63, 3.8) is 0 Å². The average molecular weight is 311 g/mol. The molecule has 1 aromatic rings. The molecule has 0 amide bonds. The Kier molecular flexibility index (Phi) is 9.35. The summed E-state index contributed by atoms with van der Waals surface area (Å²) in [5.41, 5.74) is 0. The highest BCUT2D eigenvalue weighted by Crippen LogP contribution is 2.26. The van der Waals surface area contributed by atoms with Crippen LogP contribution in [-0.4, -0.2) is 30.5 Å². The normalized spacial score (nSPS) is 12.6. The van der Waals surface area contributed by atoms with E-state index in [2.05, 4.69) is 24.8 Å². The summed E-state index contributed by atoms with van der Waals surface area (Å²) in [6, 6.07) is 4.07. The van der Waals surface area contributed by atoms with Gasteiger partial charge in [-0.1, -0.05) is 32.8 Å². The molecular formula is C17H29NO2S. The Labute approximate surface area is 133 Å². The molecule has 0 saturated heterocycles. The molecule has 21 heavy (non-hydrogen) atoms. The number of rotatable bonds is 11. The predicted octanol–water partition coefficient (Wildman–Crippen LogP) is 4.64. The first-order chi connectivity index (χ1) is 10.2. The monoisotopic (exact) mass is 311 g/mol. The van der Waals surface area contributed by atoms with Gasteiger partial charge in [0, 0.05) is 24.8 Å². The zero-order valence-electron chi connectivity index (χ0n) is 13.6. The molecule has 120 valence electrons. The minimum atomic E-state index is -0.193. The van der Waals surface area contributed by atoms with E-state index in [4.69, 9.17) is 4.74 Å². The quantitative estimate of drug-likeness (QED) is 0.557. The van der Waals surface area contributed by atoms with Crippen molar-refractivity contribution in [3.05, 3.63) is 22.4 Å². The van der Waals surface area contributed by atoms with Crippen LogP contribution in [0.15, 0.2) is 17.5 Å². The molecular weight excluding hydrogens is 282 g/mol. The van der Waals surface area contributed by atoms with Gasteiger partial charge >= 0.3 is 5.97 Å². The van der Waals surface area contributed by atoms with Crippen molar-refractivity contribution >= 4 is 17.3 Å². The molecule has 0 aromatic carbocycles. The van der Waals surface area contributed by atoms with Crippen LogP contribution < -0.4 is 0 Å². The number of thiophene rings is 1. The SMILES string of the molecule is CCCCN(CCCC)CC[C@H](OC(C)=O)c1cccs1. The Morgan fingerprint density at radius 2 is 1.90 bits per heavy atom. The van der Waals surface area contributed by atoms with E-state index >= 15 is 0 Å². The van der Waals surface area contributed by atoms with Crippen LogP contribution in [-0.2, 0) is 9.53 Å². The highest BCUT2D eigenvalue weighted by Gasteiger charge is 2.17. The van der Waals surface area contributed by atoms with E-state index in [0.717, 1.165) is 30.9 Å². The third-order valence-electron chi connectivity index (χ3n) is 3.53. The fourth-order valence-corrected chi connectivity index (χ4v) is 3.12. The highest BCUT2D eigenvalue weighted by atomic mass is 32.1. The summed E-state index contributed by atoms with van der Waals surface area (Å²) in [5, 5.41) is 2.04. The fraction of sp³-hybridized carbons (Fsp3) is 0.706. The highest BCUT2D eigenvalue weighted by molar-refractivity contribution is 7.10. The van der Waals surface area contributed by atoms with Gasteiger partial charge in [0.25, 0.3) is 0 Å². The van der Waals surface area contributed by atoms with Crippen molar-refractivity contribution in [2.24, 2.45) is 0 Å². The summed E-state index contributed by atoms with van der Waals surface area (Å²) in [7, 11) is 0. The van der Waals surface area contributed by atoms with Crippen molar-refractivity contribution in [2.75, 3.05) is 19.6 Å². The molecule has 0 saturated carbocycles. The Hall–Kier alpha value is -0.870. The van der Waals surface area contributed by atoms with Gasteiger partial charge in [0.2, 0.25) is 0 Å². The molecule has 0 aliphatic carbocycles. The standard InChI is InChI=1S/C17H29NO2S/c1-4-6-11-18(12-7-5-2)13-10-16(20-15(3)19)17-9-8-14-21-17/h8-9,14,16H,4-7,10-13H2,1-3H3/t16-/m0/s1. The van der Waals surface area contributed by atoms with Gasteiger partial charge in [0.15, 0.2) is 0 Å². The second-order valence-electron chi connectivity index (χ2n) is 5.45. The van der Waals surface area contributed by atoms with Crippen molar-refractivity contribution in [1.29, 1.82) is 0 Å². The van der Waals surface area contributed by atoms with Gasteiger partial charge in [-0.15, -0.1) is 11.3 Å². The minimum Gasteiger partial charge on any atom is -0.457 e.